The SMILES string of the molecule is COc1cc(-c2noc(CCCN(C)C3CCC(OC(=O)C(O)(c4cccs4)c4cccs4)CC3)n2)c(Cl)cc1COC1CCCCO1. The lowest BCUT2D eigenvalue weighted by molar-refractivity contribution is -0.169. The second kappa shape index (κ2) is 16.2. The molecule has 13 heteroatoms. The van der Waals surface area contributed by atoms with Crippen molar-refractivity contribution in [3.63, 3.8) is 0 Å². The summed E-state index contributed by atoms with van der Waals surface area (Å²) >= 11 is 9.36. The third kappa shape index (κ3) is 8.13. The molecule has 0 spiro atoms. The summed E-state index contributed by atoms with van der Waals surface area (Å²) in [5.41, 5.74) is -0.303. The number of thiophene rings is 2. The summed E-state index contributed by atoms with van der Waals surface area (Å²) in [5.74, 6) is 1.01. The average molecular weight is 716 g/mol. The second-order valence-corrected chi connectivity index (χ2v) is 14.7. The molecule has 2 aliphatic rings. The lowest BCUT2D eigenvalue weighted by Gasteiger charge is -2.35. The molecule has 2 fully saturated rings. The molecule has 0 bridgehead atoms. The molecule has 1 aliphatic carbocycles. The van der Waals surface area contributed by atoms with Gasteiger partial charge in [0, 0.05) is 30.2 Å². The van der Waals surface area contributed by atoms with Crippen molar-refractivity contribution >= 4 is 40.2 Å². The number of carbonyl (C=O) groups excluding carboxylic acids is 1. The predicted molar refractivity (Wildman–Crippen MR) is 184 cm³/mol. The van der Waals surface area contributed by atoms with E-state index in [9.17, 15) is 9.90 Å². The van der Waals surface area contributed by atoms with Crippen molar-refractivity contribution in [3.05, 3.63) is 73.4 Å². The molecule has 258 valence electrons. The maximum Gasteiger partial charge on any atom is 0.349 e. The first kappa shape index (κ1) is 35.0. The van der Waals surface area contributed by atoms with Gasteiger partial charge in [-0.15, -0.1) is 22.7 Å². The largest absolute Gasteiger partial charge is 0.496 e. The molecule has 1 aromatic carbocycles. The number of halogens is 1. The Bertz CT molecular complexity index is 1570. The van der Waals surface area contributed by atoms with Crippen molar-refractivity contribution in [1.82, 2.24) is 15.0 Å². The number of methoxy groups -OCH3 is 1. The van der Waals surface area contributed by atoms with Gasteiger partial charge in [0.05, 0.1) is 28.5 Å². The molecule has 1 saturated heterocycles. The third-order valence-electron chi connectivity index (χ3n) is 9.13. The number of hydrogen-bond donors (Lipinski definition) is 1. The van der Waals surface area contributed by atoms with Crippen LogP contribution in [0.2, 0.25) is 5.02 Å². The van der Waals surface area contributed by atoms with Gasteiger partial charge in [0.15, 0.2) is 6.29 Å². The minimum atomic E-state index is -1.77. The van der Waals surface area contributed by atoms with Crippen molar-refractivity contribution in [2.24, 2.45) is 0 Å². The first-order chi connectivity index (χ1) is 23.3. The summed E-state index contributed by atoms with van der Waals surface area (Å²) in [4.78, 5) is 21.5. The van der Waals surface area contributed by atoms with Crippen LogP contribution < -0.4 is 4.74 Å². The van der Waals surface area contributed by atoms with Crippen LogP contribution in [0.25, 0.3) is 11.4 Å². The van der Waals surface area contributed by atoms with E-state index in [1.54, 1.807) is 19.2 Å². The number of aryl methyl sites for hydroxylation is 1. The van der Waals surface area contributed by atoms with E-state index < -0.39 is 11.6 Å². The zero-order valence-electron chi connectivity index (χ0n) is 27.3. The Kier molecular flexibility index (Phi) is 11.8. The van der Waals surface area contributed by atoms with Crippen molar-refractivity contribution in [1.29, 1.82) is 0 Å². The van der Waals surface area contributed by atoms with Gasteiger partial charge < -0.3 is 33.5 Å². The van der Waals surface area contributed by atoms with Crippen LogP contribution in [0.3, 0.4) is 0 Å². The minimum absolute atomic E-state index is 0.207. The van der Waals surface area contributed by atoms with Crippen LogP contribution in [0.15, 0.2) is 51.7 Å². The molecule has 4 heterocycles. The van der Waals surface area contributed by atoms with Crippen molar-refractivity contribution in [2.45, 2.75) is 88.4 Å². The van der Waals surface area contributed by atoms with Crippen molar-refractivity contribution < 1.29 is 33.4 Å². The summed E-state index contributed by atoms with van der Waals surface area (Å²) in [6.45, 7) is 1.91. The van der Waals surface area contributed by atoms with Crippen LogP contribution in [0.1, 0.15) is 72.6 Å². The van der Waals surface area contributed by atoms with Gasteiger partial charge in [-0.1, -0.05) is 28.9 Å². The fourth-order valence-corrected chi connectivity index (χ4v) is 8.34. The summed E-state index contributed by atoms with van der Waals surface area (Å²) in [6, 6.07) is 11.3. The molecule has 3 aromatic heterocycles. The van der Waals surface area contributed by atoms with Gasteiger partial charge in [0.2, 0.25) is 17.3 Å². The van der Waals surface area contributed by atoms with E-state index in [2.05, 4.69) is 22.1 Å². The van der Waals surface area contributed by atoms with Gasteiger partial charge in [-0.2, -0.15) is 4.98 Å². The van der Waals surface area contributed by atoms with E-state index in [0.29, 0.717) is 56.9 Å². The Labute approximate surface area is 293 Å². The lowest BCUT2D eigenvalue weighted by atomic mass is 9.91. The fraction of sp³-hybridized carbons (Fsp3) is 0.514. The summed E-state index contributed by atoms with van der Waals surface area (Å²) in [5, 5.41) is 19.9. The quantitative estimate of drug-likeness (QED) is 0.134. The van der Waals surface area contributed by atoms with Gasteiger partial charge >= 0.3 is 5.97 Å². The molecule has 10 nitrogen and oxygen atoms in total. The molecular weight excluding hydrogens is 674 g/mol. The van der Waals surface area contributed by atoms with Crippen LogP contribution in [-0.4, -0.2) is 71.9 Å². The lowest BCUT2D eigenvalue weighted by Crippen LogP contribution is -2.42. The van der Waals surface area contributed by atoms with Gasteiger partial charge in [-0.25, -0.2) is 4.79 Å². The maximum absolute atomic E-state index is 13.3. The highest BCUT2D eigenvalue weighted by Gasteiger charge is 2.45. The standard InChI is InChI=1S/C35H42ClN3O7S2/c1-39(24-12-14-25(15-13-24)45-34(40)35(41,29-8-6-18-47-29)30-9-7-19-48-30)16-5-10-31-37-33(38-46-31)26-21-28(42-2)23(20-27(26)36)22-44-32-11-3-4-17-43-32/h6-9,18-21,24-25,32,41H,3-5,10-17,22H2,1-2H3. The van der Waals surface area contributed by atoms with Gasteiger partial charge in [-0.3, -0.25) is 0 Å². The number of nitrogens with zero attached hydrogens (tertiary/aromatic N) is 3. The number of hydrogen-bond acceptors (Lipinski definition) is 12. The van der Waals surface area contributed by atoms with E-state index in [4.69, 9.17) is 35.1 Å². The molecule has 0 amide bonds. The van der Waals surface area contributed by atoms with Gasteiger partial charge in [0.25, 0.3) is 0 Å². The minimum Gasteiger partial charge on any atom is -0.496 e. The number of ether oxygens (including phenoxy) is 4. The highest BCUT2D eigenvalue weighted by Crippen LogP contribution is 2.38. The molecule has 1 unspecified atom stereocenters. The topological polar surface area (TPSA) is 116 Å². The molecule has 1 N–H and O–H groups in total. The molecule has 1 atom stereocenters. The van der Waals surface area contributed by atoms with E-state index >= 15 is 0 Å². The summed E-state index contributed by atoms with van der Waals surface area (Å²) in [6.07, 6.45) is 7.42. The normalized spacial score (nSPS) is 20.2. The Morgan fingerprint density at radius 3 is 2.50 bits per heavy atom. The summed E-state index contributed by atoms with van der Waals surface area (Å²) < 4.78 is 28.7. The zero-order chi connectivity index (χ0) is 33.5. The molecule has 0 radical (unpaired) electrons. The monoisotopic (exact) mass is 715 g/mol. The molecular formula is C35H42ClN3O7S2. The Balaban J connectivity index is 0.965. The number of aromatic nitrogens is 2. The van der Waals surface area contributed by atoms with Gasteiger partial charge in [-0.05, 0) is 100.0 Å². The van der Waals surface area contributed by atoms with E-state index in [1.165, 1.54) is 22.7 Å². The van der Waals surface area contributed by atoms with Crippen molar-refractivity contribution in [3.8, 4) is 17.1 Å². The summed E-state index contributed by atoms with van der Waals surface area (Å²) in [7, 11) is 3.74. The Morgan fingerprint density at radius 1 is 1.10 bits per heavy atom. The average Bonchev–Trinajstić information content (AvgIpc) is 3.92. The smallest absolute Gasteiger partial charge is 0.349 e. The Morgan fingerprint density at radius 2 is 1.85 bits per heavy atom. The van der Waals surface area contributed by atoms with Gasteiger partial charge in [0.1, 0.15) is 11.9 Å². The third-order valence-corrected chi connectivity index (χ3v) is 11.4. The first-order valence-corrected chi connectivity index (χ1v) is 18.6. The molecule has 1 aliphatic heterocycles. The molecule has 4 aromatic rings. The van der Waals surface area contributed by atoms with Crippen LogP contribution >= 0.6 is 34.3 Å². The maximum atomic E-state index is 13.3. The molecule has 1 saturated carbocycles. The van der Waals surface area contributed by atoms with Crippen molar-refractivity contribution in [2.75, 3.05) is 27.3 Å². The number of carbonyl (C=O) groups is 1. The fourth-order valence-electron chi connectivity index (χ4n) is 6.35. The van der Waals surface area contributed by atoms with Crippen LogP contribution in [0, 0.1) is 0 Å². The highest BCUT2D eigenvalue weighted by molar-refractivity contribution is 7.12. The van der Waals surface area contributed by atoms with Crippen LogP contribution in [0.4, 0.5) is 0 Å². The predicted octanol–water partition coefficient (Wildman–Crippen LogP) is 7.22. The van der Waals surface area contributed by atoms with Crippen LogP contribution in [-0.2, 0) is 37.6 Å². The molecule has 48 heavy (non-hydrogen) atoms. The second-order valence-electron chi connectivity index (χ2n) is 12.3. The van der Waals surface area contributed by atoms with E-state index in [-0.39, 0.29) is 12.4 Å². The highest BCUT2D eigenvalue weighted by atomic mass is 35.5. The number of esters is 1. The number of aliphatic hydroxyl groups is 1. The van der Waals surface area contributed by atoms with Crippen LogP contribution in [0.5, 0.6) is 5.75 Å². The Hall–Kier alpha value is -2.84. The van der Waals surface area contributed by atoms with E-state index in [0.717, 1.165) is 70.1 Å². The number of rotatable bonds is 14. The number of benzene rings is 1. The first-order valence-electron chi connectivity index (χ1n) is 16.5. The van der Waals surface area contributed by atoms with E-state index in [1.807, 2.05) is 35.0 Å². The zero-order valence-corrected chi connectivity index (χ0v) is 29.7. The molecule has 6 rings (SSSR count).